The first-order chi connectivity index (χ1) is 12.6. The number of carbonyl (C=O) groups excluding carboxylic acids is 1. The summed E-state index contributed by atoms with van der Waals surface area (Å²) in [5.41, 5.74) is 0. The first kappa shape index (κ1) is 20.1. The van der Waals surface area contributed by atoms with Gasteiger partial charge in [0.25, 0.3) is 0 Å². The van der Waals surface area contributed by atoms with Crippen molar-refractivity contribution < 1.29 is 24.2 Å². The first-order valence-electron chi connectivity index (χ1n) is 10.4. The smallest absolute Gasteiger partial charge is 0.245 e. The first-order valence-corrected chi connectivity index (χ1v) is 10.4. The maximum Gasteiger partial charge on any atom is 0.245 e. The number of hydrogen-bond donors (Lipinski definition) is 1. The van der Waals surface area contributed by atoms with Crippen LogP contribution in [0.4, 0.5) is 0 Å². The second-order valence-corrected chi connectivity index (χ2v) is 8.23. The monoisotopic (exact) mass is 369 g/mol. The predicted octanol–water partition coefficient (Wildman–Crippen LogP) is 3.02. The van der Waals surface area contributed by atoms with Crippen LogP contribution in [-0.2, 0) is 19.0 Å². The van der Waals surface area contributed by atoms with Crippen molar-refractivity contribution in [2.24, 2.45) is 17.8 Å². The summed E-state index contributed by atoms with van der Waals surface area (Å²) in [6, 6.07) is 0. The Morgan fingerprint density at radius 2 is 1.77 bits per heavy atom. The maximum absolute atomic E-state index is 11.3. The highest BCUT2D eigenvalue weighted by molar-refractivity contribution is 5.74. The fourth-order valence-electron chi connectivity index (χ4n) is 4.86. The lowest BCUT2D eigenvalue weighted by molar-refractivity contribution is -0.159. The van der Waals surface area contributed by atoms with Gasteiger partial charge in [-0.1, -0.05) is 12.8 Å². The van der Waals surface area contributed by atoms with Crippen LogP contribution in [0.2, 0.25) is 0 Å². The molecular formula is C20H35NO5. The molecule has 6 heteroatoms. The Bertz CT molecular complexity index is 438. The van der Waals surface area contributed by atoms with Crippen molar-refractivity contribution >= 4 is 5.91 Å². The van der Waals surface area contributed by atoms with Crippen LogP contribution in [0.5, 0.6) is 0 Å². The van der Waals surface area contributed by atoms with Crippen molar-refractivity contribution in [3.8, 4) is 0 Å². The average molecular weight is 370 g/mol. The molecule has 1 N–H and O–H groups in total. The van der Waals surface area contributed by atoms with Crippen molar-refractivity contribution in [2.45, 2.75) is 70.0 Å². The summed E-state index contributed by atoms with van der Waals surface area (Å²) < 4.78 is 18.0. The molecule has 0 radical (unpaired) electrons. The molecular weight excluding hydrogens is 334 g/mol. The zero-order valence-corrected chi connectivity index (χ0v) is 16.1. The van der Waals surface area contributed by atoms with Gasteiger partial charge in [0.1, 0.15) is 0 Å². The molecule has 3 rings (SSSR count). The number of hydrogen-bond acceptors (Lipinski definition) is 5. The Morgan fingerprint density at radius 1 is 1.04 bits per heavy atom. The normalized spacial score (nSPS) is 31.0. The minimum absolute atomic E-state index is 0.269. The van der Waals surface area contributed by atoms with Gasteiger partial charge in [0, 0.05) is 39.2 Å². The summed E-state index contributed by atoms with van der Waals surface area (Å²) in [7, 11) is 1.35. The van der Waals surface area contributed by atoms with E-state index in [1.807, 2.05) is 0 Å². The van der Waals surface area contributed by atoms with E-state index < -0.39 is 0 Å². The summed E-state index contributed by atoms with van der Waals surface area (Å²) in [6.45, 7) is 3.02. The molecule has 0 spiro atoms. The molecule has 2 saturated heterocycles. The fourth-order valence-corrected chi connectivity index (χ4v) is 4.86. The number of hydroxylamine groups is 2. The van der Waals surface area contributed by atoms with E-state index in [0.717, 1.165) is 25.6 Å². The van der Waals surface area contributed by atoms with Gasteiger partial charge in [-0.15, -0.1) is 0 Å². The highest BCUT2D eigenvalue weighted by Gasteiger charge is 2.48. The molecule has 26 heavy (non-hydrogen) atoms. The van der Waals surface area contributed by atoms with E-state index >= 15 is 0 Å². The summed E-state index contributed by atoms with van der Waals surface area (Å²) >= 11 is 0. The Balaban J connectivity index is 1.31. The molecule has 0 aromatic rings. The van der Waals surface area contributed by atoms with E-state index in [0.29, 0.717) is 55.2 Å². The number of nitrogens with zero attached hydrogens (tertiary/aromatic N) is 1. The lowest BCUT2D eigenvalue weighted by atomic mass is 9.78. The molecule has 3 fully saturated rings. The molecule has 2 bridgehead atoms. The predicted molar refractivity (Wildman–Crippen MR) is 96.9 cm³/mol. The number of amides is 1. The van der Waals surface area contributed by atoms with Crippen LogP contribution in [0.25, 0.3) is 0 Å². The molecule has 1 aliphatic carbocycles. The van der Waals surface area contributed by atoms with E-state index in [1.54, 1.807) is 0 Å². The second kappa shape index (κ2) is 10.0. The molecule has 0 aromatic carbocycles. The molecule has 1 amide bonds. The third-order valence-electron chi connectivity index (χ3n) is 6.36. The zero-order chi connectivity index (χ0) is 18.4. The summed E-state index contributed by atoms with van der Waals surface area (Å²) in [5.74, 6) is 1.57. The SMILES string of the molecule is CN(O)C(=O)CCCOCC[C@@H]1[C@H](COCC2CCCC2)[C@@H]2CC[C@H]1O2. The van der Waals surface area contributed by atoms with E-state index in [-0.39, 0.29) is 5.91 Å². The van der Waals surface area contributed by atoms with Crippen LogP contribution in [0.1, 0.15) is 57.8 Å². The van der Waals surface area contributed by atoms with Gasteiger partial charge in [0.15, 0.2) is 0 Å². The van der Waals surface area contributed by atoms with Crippen molar-refractivity contribution in [2.75, 3.05) is 33.5 Å². The number of fused-ring (bicyclic) bond motifs is 2. The lowest BCUT2D eigenvalue weighted by Crippen LogP contribution is -2.32. The van der Waals surface area contributed by atoms with Crippen LogP contribution < -0.4 is 0 Å². The van der Waals surface area contributed by atoms with Crippen molar-refractivity contribution in [1.82, 2.24) is 5.06 Å². The molecule has 0 unspecified atom stereocenters. The van der Waals surface area contributed by atoms with Gasteiger partial charge in [-0.3, -0.25) is 10.0 Å². The van der Waals surface area contributed by atoms with Gasteiger partial charge < -0.3 is 14.2 Å². The van der Waals surface area contributed by atoms with Crippen molar-refractivity contribution in [3.63, 3.8) is 0 Å². The quantitative estimate of drug-likeness (QED) is 0.344. The number of rotatable bonds is 11. The molecule has 6 nitrogen and oxygen atoms in total. The average Bonchev–Trinajstić information content (AvgIpc) is 3.36. The Labute approximate surface area is 157 Å². The van der Waals surface area contributed by atoms with E-state index in [9.17, 15) is 4.79 Å². The summed E-state index contributed by atoms with van der Waals surface area (Å²) in [4.78, 5) is 11.3. The third-order valence-corrected chi connectivity index (χ3v) is 6.36. The van der Waals surface area contributed by atoms with Crippen molar-refractivity contribution in [1.29, 1.82) is 0 Å². The van der Waals surface area contributed by atoms with Crippen LogP contribution in [0.15, 0.2) is 0 Å². The van der Waals surface area contributed by atoms with Crippen LogP contribution in [-0.4, -0.2) is 61.9 Å². The molecule has 0 aromatic heterocycles. The molecule has 4 atom stereocenters. The van der Waals surface area contributed by atoms with E-state index in [4.69, 9.17) is 19.4 Å². The van der Waals surface area contributed by atoms with Gasteiger partial charge in [0.05, 0.1) is 18.8 Å². The molecule has 150 valence electrons. The largest absolute Gasteiger partial charge is 0.381 e. The van der Waals surface area contributed by atoms with Crippen LogP contribution in [0, 0.1) is 17.8 Å². The zero-order valence-electron chi connectivity index (χ0n) is 16.1. The maximum atomic E-state index is 11.3. The summed E-state index contributed by atoms with van der Waals surface area (Å²) in [5, 5.41) is 9.66. The van der Waals surface area contributed by atoms with Gasteiger partial charge in [-0.2, -0.15) is 0 Å². The lowest BCUT2D eigenvalue weighted by Gasteiger charge is -2.28. The molecule has 2 heterocycles. The van der Waals surface area contributed by atoms with E-state index in [1.165, 1.54) is 45.6 Å². The standard InChI is InChI=1S/C20H35NO5/c1-21(23)20(22)7-4-11-24-12-10-16-17(19-9-8-18(16)26-19)14-25-13-15-5-2-3-6-15/h15-19,23H,2-14H2,1H3/t16-,17+,18-,19+/m1/s1. The van der Waals surface area contributed by atoms with Gasteiger partial charge in [-0.05, 0) is 50.4 Å². The van der Waals surface area contributed by atoms with Gasteiger partial charge in [0.2, 0.25) is 5.91 Å². The Hall–Kier alpha value is -0.690. The molecule has 3 aliphatic rings. The van der Waals surface area contributed by atoms with E-state index in [2.05, 4.69) is 0 Å². The molecule has 2 aliphatic heterocycles. The highest BCUT2D eigenvalue weighted by atomic mass is 16.5. The van der Waals surface area contributed by atoms with Gasteiger partial charge in [-0.25, -0.2) is 5.06 Å². The van der Waals surface area contributed by atoms with Crippen molar-refractivity contribution in [3.05, 3.63) is 0 Å². The Kier molecular flexibility index (Phi) is 7.73. The minimum atomic E-state index is -0.269. The Morgan fingerprint density at radius 3 is 2.50 bits per heavy atom. The number of carbonyl (C=O) groups is 1. The minimum Gasteiger partial charge on any atom is -0.381 e. The topological polar surface area (TPSA) is 68.2 Å². The third kappa shape index (κ3) is 5.41. The summed E-state index contributed by atoms with van der Waals surface area (Å²) in [6.07, 6.45) is 10.5. The number of ether oxygens (including phenoxy) is 3. The fraction of sp³-hybridized carbons (Fsp3) is 0.950. The van der Waals surface area contributed by atoms with Gasteiger partial charge >= 0.3 is 0 Å². The highest BCUT2D eigenvalue weighted by Crippen LogP contribution is 2.45. The van der Waals surface area contributed by atoms with Crippen LogP contribution >= 0.6 is 0 Å². The second-order valence-electron chi connectivity index (χ2n) is 8.23. The molecule has 1 saturated carbocycles. The van der Waals surface area contributed by atoms with Crippen LogP contribution in [0.3, 0.4) is 0 Å².